The van der Waals surface area contributed by atoms with E-state index >= 15 is 0 Å². The van der Waals surface area contributed by atoms with Crippen molar-refractivity contribution < 1.29 is 4.79 Å². The number of hydrogen-bond acceptors (Lipinski definition) is 3. The highest BCUT2D eigenvalue weighted by Crippen LogP contribution is 2.16. The molecular formula is C21H27N3OS. The monoisotopic (exact) mass is 369 g/mol. The Kier molecular flexibility index (Phi) is 7.12. The molecule has 1 fully saturated rings. The molecule has 0 radical (unpaired) electrons. The lowest BCUT2D eigenvalue weighted by molar-refractivity contribution is 0.126. The Balaban J connectivity index is 1.40. The second-order valence-corrected chi connectivity index (χ2v) is 7.11. The van der Waals surface area contributed by atoms with E-state index in [9.17, 15) is 4.79 Å². The summed E-state index contributed by atoms with van der Waals surface area (Å²) < 4.78 is 0. The first-order valence-corrected chi connectivity index (χ1v) is 9.71. The fourth-order valence-corrected chi connectivity index (χ4v) is 3.62. The third-order valence-corrected chi connectivity index (χ3v) is 5.11. The van der Waals surface area contributed by atoms with Gasteiger partial charge in [-0.2, -0.15) is 0 Å². The Hall–Kier alpha value is -1.82. The summed E-state index contributed by atoms with van der Waals surface area (Å²) in [5, 5.41) is -0.191. The first kappa shape index (κ1) is 19.0. The van der Waals surface area contributed by atoms with Crippen LogP contribution in [0.3, 0.4) is 0 Å². The Morgan fingerprint density at radius 3 is 2.08 bits per heavy atom. The zero-order valence-electron chi connectivity index (χ0n) is 15.1. The molecule has 138 valence electrons. The lowest BCUT2D eigenvalue weighted by atomic mass is 10.2. The fraction of sp³-hybridized carbons (Fsp3) is 0.381. The standard InChI is InChI=1S/C21H27N3OS/c25-21(26)24(20-10-5-2-6-11-20)13-7-12-22-14-16-23(17-15-22)18-19-8-3-1-4-9-19/h1-6,8-11H,7,12-18H2,(H,25,26). The van der Waals surface area contributed by atoms with Crippen molar-refractivity contribution in [1.29, 1.82) is 0 Å². The second-order valence-electron chi connectivity index (χ2n) is 6.73. The van der Waals surface area contributed by atoms with Gasteiger partial charge in [0.1, 0.15) is 0 Å². The third kappa shape index (κ3) is 5.59. The molecule has 0 unspecified atom stereocenters. The minimum atomic E-state index is -0.191. The molecule has 0 spiro atoms. The third-order valence-electron chi connectivity index (χ3n) is 4.87. The Labute approximate surface area is 161 Å². The van der Waals surface area contributed by atoms with Crippen molar-refractivity contribution in [2.45, 2.75) is 13.0 Å². The summed E-state index contributed by atoms with van der Waals surface area (Å²) in [4.78, 5) is 18.6. The Morgan fingerprint density at radius 2 is 1.46 bits per heavy atom. The normalized spacial score (nSPS) is 15.7. The SMILES string of the molecule is O=C(S)N(CCCN1CCN(Cc2ccccc2)CC1)c1ccccc1. The molecule has 26 heavy (non-hydrogen) atoms. The lowest BCUT2D eigenvalue weighted by Gasteiger charge is -2.35. The number of piperazine rings is 1. The van der Waals surface area contributed by atoms with E-state index in [1.807, 2.05) is 30.3 Å². The number of rotatable bonds is 7. The topological polar surface area (TPSA) is 26.8 Å². The van der Waals surface area contributed by atoms with Gasteiger partial charge >= 0.3 is 0 Å². The van der Waals surface area contributed by atoms with Gasteiger partial charge in [0, 0.05) is 45.0 Å². The van der Waals surface area contributed by atoms with Gasteiger partial charge in [0.2, 0.25) is 0 Å². The number of carbonyl (C=O) groups is 1. The molecule has 2 aromatic rings. The number of thiol groups is 1. The van der Waals surface area contributed by atoms with E-state index in [1.165, 1.54) is 5.56 Å². The molecule has 0 bridgehead atoms. The van der Waals surface area contributed by atoms with E-state index in [4.69, 9.17) is 0 Å². The highest BCUT2D eigenvalue weighted by Gasteiger charge is 2.17. The zero-order valence-corrected chi connectivity index (χ0v) is 16.0. The van der Waals surface area contributed by atoms with Crippen LogP contribution >= 0.6 is 12.6 Å². The van der Waals surface area contributed by atoms with Crippen LogP contribution in [0.1, 0.15) is 12.0 Å². The molecule has 1 aliphatic rings. The predicted octanol–water partition coefficient (Wildman–Crippen LogP) is 3.75. The largest absolute Gasteiger partial charge is 0.303 e. The van der Waals surface area contributed by atoms with Crippen molar-refractivity contribution in [3.63, 3.8) is 0 Å². The van der Waals surface area contributed by atoms with E-state index < -0.39 is 0 Å². The number of hydrogen-bond donors (Lipinski definition) is 1. The maximum absolute atomic E-state index is 11.8. The van der Waals surface area contributed by atoms with Gasteiger partial charge < -0.3 is 9.80 Å². The van der Waals surface area contributed by atoms with Gasteiger partial charge in [-0.25, -0.2) is 0 Å². The fourth-order valence-electron chi connectivity index (χ4n) is 3.41. The van der Waals surface area contributed by atoms with Crippen molar-refractivity contribution in [3.05, 3.63) is 66.2 Å². The molecule has 1 saturated heterocycles. The van der Waals surface area contributed by atoms with E-state index in [0.717, 1.165) is 51.4 Å². The van der Waals surface area contributed by atoms with Crippen LogP contribution in [-0.4, -0.2) is 54.3 Å². The first-order chi connectivity index (χ1) is 12.7. The molecule has 0 N–H and O–H groups in total. The van der Waals surface area contributed by atoms with E-state index in [1.54, 1.807) is 4.90 Å². The van der Waals surface area contributed by atoms with Crippen molar-refractivity contribution in [2.75, 3.05) is 44.2 Å². The summed E-state index contributed by atoms with van der Waals surface area (Å²) >= 11 is 4.03. The lowest BCUT2D eigenvalue weighted by Crippen LogP contribution is -2.46. The van der Waals surface area contributed by atoms with Crippen LogP contribution in [0.25, 0.3) is 0 Å². The second kappa shape index (κ2) is 9.76. The molecule has 1 heterocycles. The summed E-state index contributed by atoms with van der Waals surface area (Å²) in [6, 6.07) is 20.4. The van der Waals surface area contributed by atoms with Crippen molar-refractivity contribution in [3.8, 4) is 0 Å². The van der Waals surface area contributed by atoms with Crippen LogP contribution in [0.15, 0.2) is 60.7 Å². The minimum Gasteiger partial charge on any atom is -0.303 e. The Morgan fingerprint density at radius 1 is 0.885 bits per heavy atom. The highest BCUT2D eigenvalue weighted by molar-refractivity contribution is 7.96. The molecule has 0 saturated carbocycles. The van der Waals surface area contributed by atoms with Crippen molar-refractivity contribution in [2.24, 2.45) is 0 Å². The van der Waals surface area contributed by atoms with Gasteiger partial charge in [-0.1, -0.05) is 61.2 Å². The molecule has 1 aliphatic heterocycles. The van der Waals surface area contributed by atoms with Gasteiger partial charge in [-0.3, -0.25) is 9.69 Å². The summed E-state index contributed by atoms with van der Waals surface area (Å²) in [5.74, 6) is 0. The predicted molar refractivity (Wildman–Crippen MR) is 111 cm³/mol. The van der Waals surface area contributed by atoms with Crippen molar-refractivity contribution in [1.82, 2.24) is 9.80 Å². The number of nitrogens with zero attached hydrogens (tertiary/aromatic N) is 3. The van der Waals surface area contributed by atoms with E-state index in [2.05, 4.69) is 52.8 Å². The van der Waals surface area contributed by atoms with Gasteiger partial charge in [-0.15, -0.1) is 0 Å². The maximum Gasteiger partial charge on any atom is 0.282 e. The minimum absolute atomic E-state index is 0.191. The number of carbonyl (C=O) groups excluding carboxylic acids is 1. The van der Waals surface area contributed by atoms with E-state index in [-0.39, 0.29) is 5.24 Å². The molecule has 3 rings (SSSR count). The summed E-state index contributed by atoms with van der Waals surface area (Å²) in [5.41, 5.74) is 2.30. The van der Waals surface area contributed by atoms with Gasteiger partial charge in [-0.05, 0) is 30.7 Å². The summed E-state index contributed by atoms with van der Waals surface area (Å²) in [6.07, 6.45) is 0.958. The quantitative estimate of drug-likeness (QED) is 0.753. The summed E-state index contributed by atoms with van der Waals surface area (Å²) in [6.45, 7) is 7.14. The van der Waals surface area contributed by atoms with Crippen LogP contribution in [0.5, 0.6) is 0 Å². The smallest absolute Gasteiger partial charge is 0.282 e. The average Bonchev–Trinajstić information content (AvgIpc) is 2.68. The molecular weight excluding hydrogens is 342 g/mol. The molecule has 4 nitrogen and oxygen atoms in total. The van der Waals surface area contributed by atoms with Crippen LogP contribution in [0.2, 0.25) is 0 Å². The van der Waals surface area contributed by atoms with Crippen LogP contribution < -0.4 is 4.90 Å². The van der Waals surface area contributed by atoms with Crippen LogP contribution in [0, 0.1) is 0 Å². The molecule has 2 aromatic carbocycles. The number of amides is 1. The van der Waals surface area contributed by atoms with Gasteiger partial charge in [0.05, 0.1) is 0 Å². The van der Waals surface area contributed by atoms with Gasteiger partial charge in [0.15, 0.2) is 0 Å². The number of benzene rings is 2. The molecule has 0 aliphatic carbocycles. The van der Waals surface area contributed by atoms with Crippen molar-refractivity contribution >= 4 is 23.6 Å². The molecule has 0 aromatic heterocycles. The molecule has 0 atom stereocenters. The van der Waals surface area contributed by atoms with Crippen LogP contribution in [0.4, 0.5) is 10.5 Å². The van der Waals surface area contributed by atoms with Gasteiger partial charge in [0.25, 0.3) is 5.24 Å². The number of para-hydroxylation sites is 1. The van der Waals surface area contributed by atoms with Crippen LogP contribution in [-0.2, 0) is 6.54 Å². The summed E-state index contributed by atoms with van der Waals surface area (Å²) in [7, 11) is 0. The first-order valence-electron chi connectivity index (χ1n) is 9.26. The Bertz CT molecular complexity index is 672. The average molecular weight is 370 g/mol. The zero-order chi connectivity index (χ0) is 18.2. The number of anilines is 1. The maximum atomic E-state index is 11.8. The highest BCUT2D eigenvalue weighted by atomic mass is 32.1. The van der Waals surface area contributed by atoms with E-state index in [0.29, 0.717) is 6.54 Å². The molecule has 1 amide bonds. The molecule has 5 heteroatoms.